The van der Waals surface area contributed by atoms with E-state index in [9.17, 15) is 4.79 Å². The molecule has 2 heterocycles. The first-order valence-corrected chi connectivity index (χ1v) is 8.18. The van der Waals surface area contributed by atoms with Crippen molar-refractivity contribution in [2.45, 2.75) is 18.8 Å². The summed E-state index contributed by atoms with van der Waals surface area (Å²) in [5.41, 5.74) is 0.950. The highest BCUT2D eigenvalue weighted by Gasteiger charge is 2.25. The summed E-state index contributed by atoms with van der Waals surface area (Å²) < 4.78 is 5.35. The summed E-state index contributed by atoms with van der Waals surface area (Å²) in [6.07, 6.45) is 5.05. The van der Waals surface area contributed by atoms with Gasteiger partial charge < -0.3 is 9.32 Å². The molecule has 1 aromatic carbocycles. The third-order valence-corrected chi connectivity index (χ3v) is 4.33. The minimum Gasteiger partial charge on any atom is -0.414 e. The van der Waals surface area contributed by atoms with Crippen molar-refractivity contribution in [2.75, 3.05) is 13.1 Å². The Morgan fingerprint density at radius 1 is 1.35 bits per heavy atom. The van der Waals surface area contributed by atoms with Crippen LogP contribution in [-0.4, -0.2) is 34.1 Å². The Morgan fingerprint density at radius 3 is 2.65 bits per heavy atom. The molecule has 1 aliphatic rings. The number of benzene rings is 1. The first-order valence-electron chi connectivity index (χ1n) is 7.40. The van der Waals surface area contributed by atoms with Crippen LogP contribution in [0.2, 0.25) is 5.02 Å². The van der Waals surface area contributed by atoms with Gasteiger partial charge in [-0.15, -0.1) is 5.10 Å². The van der Waals surface area contributed by atoms with E-state index < -0.39 is 0 Å². The zero-order valence-corrected chi connectivity index (χ0v) is 13.9. The molecule has 5 nitrogen and oxygen atoms in total. The van der Waals surface area contributed by atoms with E-state index in [0.717, 1.165) is 18.4 Å². The van der Waals surface area contributed by atoms with E-state index in [4.69, 9.17) is 28.2 Å². The van der Waals surface area contributed by atoms with Gasteiger partial charge in [0.15, 0.2) is 0 Å². The molecule has 1 N–H and O–H groups in total. The lowest BCUT2D eigenvalue weighted by Crippen LogP contribution is -2.36. The standard InChI is InChI=1S/C16H16ClN3O2S/c17-13-4-1-11(2-5-13)3-6-14(21)20-9-7-12(8-10-20)15-18-19-16(23)22-15/h1-6,12H,7-10H2,(H,19,23)/b6-3+. The van der Waals surface area contributed by atoms with E-state index in [2.05, 4.69) is 10.2 Å². The van der Waals surface area contributed by atoms with Crippen LogP contribution in [0.3, 0.4) is 0 Å². The molecule has 1 fully saturated rings. The Bertz CT molecular complexity index is 758. The number of carbonyl (C=O) groups is 1. The zero-order chi connectivity index (χ0) is 16.2. The molecule has 3 rings (SSSR count). The number of amides is 1. The molecule has 0 spiro atoms. The highest BCUT2D eigenvalue weighted by Crippen LogP contribution is 2.26. The highest BCUT2D eigenvalue weighted by molar-refractivity contribution is 7.71. The predicted molar refractivity (Wildman–Crippen MR) is 90.7 cm³/mol. The molecule has 0 atom stereocenters. The Kier molecular flexibility index (Phi) is 4.93. The van der Waals surface area contributed by atoms with Gasteiger partial charge in [0, 0.05) is 30.1 Å². The predicted octanol–water partition coefficient (Wildman–Crippen LogP) is 3.80. The van der Waals surface area contributed by atoms with Crippen molar-refractivity contribution in [1.29, 1.82) is 0 Å². The number of likely N-dealkylation sites (tertiary alicyclic amines) is 1. The number of aromatic nitrogens is 2. The number of halogens is 1. The molecule has 1 saturated heterocycles. The number of rotatable bonds is 3. The lowest BCUT2D eigenvalue weighted by molar-refractivity contribution is -0.127. The summed E-state index contributed by atoms with van der Waals surface area (Å²) in [6.45, 7) is 1.37. The van der Waals surface area contributed by atoms with Crippen LogP contribution in [0.5, 0.6) is 0 Å². The molecule has 0 unspecified atom stereocenters. The monoisotopic (exact) mass is 349 g/mol. The lowest BCUT2D eigenvalue weighted by Gasteiger charge is -2.29. The van der Waals surface area contributed by atoms with Crippen molar-refractivity contribution < 1.29 is 9.21 Å². The fraction of sp³-hybridized carbons (Fsp3) is 0.312. The molecule has 0 radical (unpaired) electrons. The van der Waals surface area contributed by atoms with Crippen LogP contribution in [0.15, 0.2) is 34.8 Å². The number of hydrogen-bond acceptors (Lipinski definition) is 4. The maximum absolute atomic E-state index is 12.2. The van der Waals surface area contributed by atoms with Gasteiger partial charge in [-0.25, -0.2) is 5.10 Å². The van der Waals surface area contributed by atoms with Crippen LogP contribution in [0.1, 0.15) is 30.2 Å². The van der Waals surface area contributed by atoms with Crippen LogP contribution < -0.4 is 0 Å². The number of hydrogen-bond donors (Lipinski definition) is 1. The van der Waals surface area contributed by atoms with Crippen LogP contribution in [0.25, 0.3) is 6.08 Å². The summed E-state index contributed by atoms with van der Waals surface area (Å²) in [4.78, 5) is 14.4. The Morgan fingerprint density at radius 2 is 2.04 bits per heavy atom. The number of nitrogens with zero attached hydrogens (tertiary/aromatic N) is 2. The number of piperidine rings is 1. The summed E-state index contributed by atoms with van der Waals surface area (Å²) >= 11 is 10.7. The molecule has 1 aromatic heterocycles. The molecule has 0 saturated carbocycles. The largest absolute Gasteiger partial charge is 0.414 e. The number of H-pyrrole nitrogens is 1. The molecule has 0 aliphatic carbocycles. The molecular weight excluding hydrogens is 334 g/mol. The fourth-order valence-electron chi connectivity index (χ4n) is 2.61. The summed E-state index contributed by atoms with van der Waals surface area (Å²) in [7, 11) is 0. The minimum absolute atomic E-state index is 0.0151. The van der Waals surface area contributed by atoms with Gasteiger partial charge in [0.05, 0.1) is 0 Å². The Labute approximate surface area is 143 Å². The molecular formula is C16H16ClN3O2S. The van der Waals surface area contributed by atoms with Gasteiger partial charge in [-0.05, 0) is 48.8 Å². The summed E-state index contributed by atoms with van der Waals surface area (Å²) in [5.74, 6) is 0.868. The van der Waals surface area contributed by atoms with Crippen LogP contribution in [-0.2, 0) is 4.79 Å². The number of aromatic amines is 1. The van der Waals surface area contributed by atoms with Crippen LogP contribution in [0.4, 0.5) is 0 Å². The molecule has 1 amide bonds. The van der Waals surface area contributed by atoms with E-state index >= 15 is 0 Å². The van der Waals surface area contributed by atoms with E-state index in [1.807, 2.05) is 17.0 Å². The molecule has 1 aliphatic heterocycles. The van der Waals surface area contributed by atoms with Gasteiger partial charge in [0.1, 0.15) is 0 Å². The van der Waals surface area contributed by atoms with Crippen LogP contribution in [0, 0.1) is 4.84 Å². The fourth-order valence-corrected chi connectivity index (χ4v) is 2.87. The van der Waals surface area contributed by atoms with E-state index in [1.165, 1.54) is 0 Å². The minimum atomic E-state index is 0.0151. The molecule has 7 heteroatoms. The van der Waals surface area contributed by atoms with Gasteiger partial charge in [-0.1, -0.05) is 23.7 Å². The summed E-state index contributed by atoms with van der Waals surface area (Å²) in [6, 6.07) is 7.36. The van der Waals surface area contributed by atoms with E-state index in [-0.39, 0.29) is 11.8 Å². The molecule has 2 aromatic rings. The van der Waals surface area contributed by atoms with Crippen molar-refractivity contribution in [3.8, 4) is 0 Å². The third-order valence-electron chi connectivity index (χ3n) is 3.90. The van der Waals surface area contributed by atoms with Gasteiger partial charge in [-0.2, -0.15) is 0 Å². The van der Waals surface area contributed by atoms with Crippen molar-refractivity contribution >= 4 is 35.8 Å². The molecule has 120 valence electrons. The Balaban J connectivity index is 1.55. The smallest absolute Gasteiger partial charge is 0.284 e. The number of nitrogens with one attached hydrogen (secondary N) is 1. The normalized spacial score (nSPS) is 16.1. The maximum atomic E-state index is 12.2. The van der Waals surface area contributed by atoms with Crippen molar-refractivity contribution in [2.24, 2.45) is 0 Å². The van der Waals surface area contributed by atoms with Gasteiger partial charge >= 0.3 is 0 Å². The van der Waals surface area contributed by atoms with Gasteiger partial charge in [0.25, 0.3) is 4.84 Å². The lowest BCUT2D eigenvalue weighted by atomic mass is 9.97. The topological polar surface area (TPSA) is 62.1 Å². The average molecular weight is 350 g/mol. The first-order chi connectivity index (χ1) is 11.1. The van der Waals surface area contributed by atoms with Gasteiger partial charge in [-0.3, -0.25) is 4.79 Å². The average Bonchev–Trinajstić information content (AvgIpc) is 3.01. The van der Waals surface area contributed by atoms with E-state index in [1.54, 1.807) is 24.3 Å². The Hall–Kier alpha value is -1.92. The first kappa shape index (κ1) is 16.0. The third kappa shape index (κ3) is 4.09. The molecule has 23 heavy (non-hydrogen) atoms. The van der Waals surface area contributed by atoms with Gasteiger partial charge in [0.2, 0.25) is 11.8 Å². The van der Waals surface area contributed by atoms with Crippen molar-refractivity contribution in [3.05, 3.63) is 51.7 Å². The second kappa shape index (κ2) is 7.10. The van der Waals surface area contributed by atoms with Crippen molar-refractivity contribution in [3.63, 3.8) is 0 Å². The summed E-state index contributed by atoms with van der Waals surface area (Å²) in [5, 5.41) is 7.39. The maximum Gasteiger partial charge on any atom is 0.284 e. The highest BCUT2D eigenvalue weighted by atomic mass is 35.5. The zero-order valence-electron chi connectivity index (χ0n) is 12.4. The second-order valence-corrected chi connectivity index (χ2v) is 6.24. The second-order valence-electron chi connectivity index (χ2n) is 5.44. The molecule has 0 bridgehead atoms. The van der Waals surface area contributed by atoms with E-state index in [0.29, 0.717) is 28.8 Å². The SMILES string of the molecule is O=C(/C=C/c1ccc(Cl)cc1)N1CCC(c2n[nH]c(=S)o2)CC1. The number of carbonyl (C=O) groups excluding carboxylic acids is 1. The van der Waals surface area contributed by atoms with Crippen molar-refractivity contribution in [1.82, 2.24) is 15.1 Å². The van der Waals surface area contributed by atoms with Crippen LogP contribution >= 0.6 is 23.8 Å². The quantitative estimate of drug-likeness (QED) is 0.676.